The standard InChI is InChI=1S/C14H12O6/c1-19-11-7-5-3-4-6-8(7)12(20-2)10(14(17)18)9(11)13(15)16/h3-6H,1-2H3,(H,15,16)(H,17,18). The van der Waals surface area contributed by atoms with E-state index in [1.807, 2.05) is 0 Å². The van der Waals surface area contributed by atoms with Crippen LogP contribution in [-0.4, -0.2) is 36.4 Å². The molecule has 0 radical (unpaired) electrons. The Hall–Kier alpha value is -2.76. The summed E-state index contributed by atoms with van der Waals surface area (Å²) in [4.78, 5) is 22.8. The molecule has 0 saturated carbocycles. The highest BCUT2D eigenvalue weighted by molar-refractivity contribution is 6.13. The van der Waals surface area contributed by atoms with Gasteiger partial charge in [0.2, 0.25) is 0 Å². The summed E-state index contributed by atoms with van der Waals surface area (Å²) in [5, 5.41) is 19.6. The number of aromatic carboxylic acids is 2. The summed E-state index contributed by atoms with van der Waals surface area (Å²) in [6.45, 7) is 0. The van der Waals surface area contributed by atoms with Gasteiger partial charge in [-0.15, -0.1) is 0 Å². The zero-order chi connectivity index (χ0) is 14.9. The number of carboxylic acid groups (broad SMARTS) is 2. The van der Waals surface area contributed by atoms with E-state index in [9.17, 15) is 19.8 Å². The topological polar surface area (TPSA) is 93.1 Å². The maximum atomic E-state index is 11.4. The van der Waals surface area contributed by atoms with Crippen molar-refractivity contribution in [3.63, 3.8) is 0 Å². The number of methoxy groups -OCH3 is 2. The van der Waals surface area contributed by atoms with Gasteiger partial charge in [0.05, 0.1) is 14.2 Å². The highest BCUT2D eigenvalue weighted by Gasteiger charge is 2.29. The first-order valence-electron chi connectivity index (χ1n) is 5.66. The van der Waals surface area contributed by atoms with Gasteiger partial charge in [-0.25, -0.2) is 9.59 Å². The minimum atomic E-state index is -1.39. The van der Waals surface area contributed by atoms with E-state index >= 15 is 0 Å². The lowest BCUT2D eigenvalue weighted by Crippen LogP contribution is -2.12. The van der Waals surface area contributed by atoms with E-state index in [0.717, 1.165) is 0 Å². The number of ether oxygens (including phenoxy) is 2. The van der Waals surface area contributed by atoms with Gasteiger partial charge in [-0.3, -0.25) is 0 Å². The van der Waals surface area contributed by atoms with Gasteiger partial charge in [0.1, 0.15) is 22.6 Å². The predicted molar refractivity (Wildman–Crippen MR) is 71.0 cm³/mol. The van der Waals surface area contributed by atoms with Crippen molar-refractivity contribution in [2.75, 3.05) is 14.2 Å². The molecule has 0 unspecified atom stereocenters. The molecule has 104 valence electrons. The lowest BCUT2D eigenvalue weighted by molar-refractivity contribution is 0.0646. The van der Waals surface area contributed by atoms with Crippen molar-refractivity contribution in [2.24, 2.45) is 0 Å². The molecule has 0 atom stereocenters. The number of hydrogen-bond acceptors (Lipinski definition) is 4. The van der Waals surface area contributed by atoms with Gasteiger partial charge in [-0.1, -0.05) is 24.3 Å². The van der Waals surface area contributed by atoms with Crippen LogP contribution >= 0.6 is 0 Å². The Morgan fingerprint density at radius 2 is 1.20 bits per heavy atom. The van der Waals surface area contributed by atoms with E-state index in [1.165, 1.54) is 14.2 Å². The fourth-order valence-corrected chi connectivity index (χ4v) is 2.21. The molecular formula is C14H12O6. The Morgan fingerprint density at radius 1 is 0.850 bits per heavy atom. The van der Waals surface area contributed by atoms with Crippen molar-refractivity contribution in [3.8, 4) is 11.5 Å². The molecule has 6 heteroatoms. The Labute approximate surface area is 114 Å². The van der Waals surface area contributed by atoms with E-state index < -0.39 is 23.1 Å². The number of hydrogen-bond donors (Lipinski definition) is 2. The molecule has 0 aliphatic heterocycles. The van der Waals surface area contributed by atoms with Crippen LogP contribution < -0.4 is 9.47 Å². The quantitative estimate of drug-likeness (QED) is 0.889. The summed E-state index contributed by atoms with van der Waals surface area (Å²) in [6, 6.07) is 6.70. The molecular weight excluding hydrogens is 264 g/mol. The van der Waals surface area contributed by atoms with Crippen molar-refractivity contribution in [3.05, 3.63) is 35.4 Å². The zero-order valence-corrected chi connectivity index (χ0v) is 10.8. The smallest absolute Gasteiger partial charge is 0.340 e. The maximum absolute atomic E-state index is 11.4. The van der Waals surface area contributed by atoms with Crippen LogP contribution in [0.15, 0.2) is 24.3 Å². The van der Waals surface area contributed by atoms with Gasteiger partial charge in [0.25, 0.3) is 0 Å². The monoisotopic (exact) mass is 276 g/mol. The molecule has 0 aliphatic carbocycles. The second kappa shape index (κ2) is 5.08. The lowest BCUT2D eigenvalue weighted by Gasteiger charge is -2.16. The van der Waals surface area contributed by atoms with Crippen LogP contribution in [0.3, 0.4) is 0 Å². The maximum Gasteiger partial charge on any atom is 0.340 e. The molecule has 6 nitrogen and oxygen atoms in total. The molecule has 20 heavy (non-hydrogen) atoms. The lowest BCUT2D eigenvalue weighted by atomic mass is 9.97. The van der Waals surface area contributed by atoms with Crippen LogP contribution in [0.25, 0.3) is 10.8 Å². The predicted octanol–water partition coefficient (Wildman–Crippen LogP) is 2.25. The molecule has 2 aromatic rings. The molecule has 0 fully saturated rings. The van der Waals surface area contributed by atoms with Gasteiger partial charge in [-0.2, -0.15) is 0 Å². The van der Waals surface area contributed by atoms with E-state index in [0.29, 0.717) is 10.8 Å². The minimum Gasteiger partial charge on any atom is -0.495 e. The largest absolute Gasteiger partial charge is 0.495 e. The van der Waals surface area contributed by atoms with Gasteiger partial charge < -0.3 is 19.7 Å². The van der Waals surface area contributed by atoms with Crippen molar-refractivity contribution < 1.29 is 29.3 Å². The molecule has 0 saturated heterocycles. The minimum absolute atomic E-state index is 0.00583. The summed E-state index contributed by atoms with van der Waals surface area (Å²) in [6.07, 6.45) is 0. The van der Waals surface area contributed by atoms with Crippen molar-refractivity contribution >= 4 is 22.7 Å². The fraction of sp³-hybridized carbons (Fsp3) is 0.143. The van der Waals surface area contributed by atoms with Crippen molar-refractivity contribution in [2.45, 2.75) is 0 Å². The van der Waals surface area contributed by atoms with E-state index in [1.54, 1.807) is 24.3 Å². The summed E-state index contributed by atoms with van der Waals surface area (Å²) in [5.74, 6) is -2.76. The molecule has 0 amide bonds. The number of rotatable bonds is 4. The third kappa shape index (κ3) is 1.91. The molecule has 0 bridgehead atoms. The fourth-order valence-electron chi connectivity index (χ4n) is 2.21. The third-order valence-electron chi connectivity index (χ3n) is 2.96. The van der Waals surface area contributed by atoms with Gasteiger partial charge in [0, 0.05) is 10.8 Å². The number of fused-ring (bicyclic) bond motifs is 1. The van der Waals surface area contributed by atoms with Crippen molar-refractivity contribution in [1.82, 2.24) is 0 Å². The second-order valence-corrected chi connectivity index (χ2v) is 3.97. The number of carboxylic acids is 2. The number of carbonyl (C=O) groups is 2. The van der Waals surface area contributed by atoms with Crippen LogP contribution in [0.4, 0.5) is 0 Å². The first-order chi connectivity index (χ1) is 9.52. The van der Waals surface area contributed by atoms with E-state index in [4.69, 9.17) is 9.47 Å². The van der Waals surface area contributed by atoms with Crippen LogP contribution in [0.2, 0.25) is 0 Å². The summed E-state index contributed by atoms with van der Waals surface area (Å²) in [7, 11) is 2.60. The summed E-state index contributed by atoms with van der Waals surface area (Å²) < 4.78 is 10.2. The molecule has 0 aliphatic rings. The Kier molecular flexibility index (Phi) is 3.47. The highest BCUT2D eigenvalue weighted by atomic mass is 16.5. The van der Waals surface area contributed by atoms with E-state index in [-0.39, 0.29) is 11.5 Å². The first kappa shape index (κ1) is 13.7. The summed E-state index contributed by atoms with van der Waals surface area (Å²) in [5.41, 5.74) is -0.842. The second-order valence-electron chi connectivity index (χ2n) is 3.97. The molecule has 2 N–H and O–H groups in total. The first-order valence-corrected chi connectivity index (χ1v) is 5.66. The van der Waals surface area contributed by atoms with E-state index in [2.05, 4.69) is 0 Å². The van der Waals surface area contributed by atoms with Gasteiger partial charge in [-0.05, 0) is 0 Å². The van der Waals surface area contributed by atoms with Crippen LogP contribution in [0, 0.1) is 0 Å². The Morgan fingerprint density at radius 3 is 1.45 bits per heavy atom. The molecule has 0 heterocycles. The average molecular weight is 276 g/mol. The Bertz CT molecular complexity index is 644. The Balaban J connectivity index is 3.09. The van der Waals surface area contributed by atoms with Crippen LogP contribution in [0.1, 0.15) is 20.7 Å². The molecule has 0 aromatic heterocycles. The van der Waals surface area contributed by atoms with Crippen LogP contribution in [0.5, 0.6) is 11.5 Å². The SMILES string of the molecule is COc1c(C(=O)O)c(C(=O)O)c(OC)c2ccccc12. The summed E-state index contributed by atoms with van der Waals surface area (Å²) >= 11 is 0. The van der Waals surface area contributed by atoms with Crippen molar-refractivity contribution in [1.29, 1.82) is 0 Å². The molecule has 2 aromatic carbocycles. The van der Waals surface area contributed by atoms with Gasteiger partial charge in [0.15, 0.2) is 0 Å². The van der Waals surface area contributed by atoms with Crippen LogP contribution in [-0.2, 0) is 0 Å². The zero-order valence-electron chi connectivity index (χ0n) is 10.8. The third-order valence-corrected chi connectivity index (χ3v) is 2.96. The average Bonchev–Trinajstić information content (AvgIpc) is 2.44. The highest BCUT2D eigenvalue weighted by Crippen LogP contribution is 2.40. The number of benzene rings is 2. The molecule has 0 spiro atoms. The normalized spacial score (nSPS) is 10.3. The van der Waals surface area contributed by atoms with Gasteiger partial charge >= 0.3 is 11.9 Å². The molecule has 2 rings (SSSR count).